The summed E-state index contributed by atoms with van der Waals surface area (Å²) < 4.78 is 5.30. The molecule has 0 radical (unpaired) electrons. The van der Waals surface area contributed by atoms with Gasteiger partial charge in [0.15, 0.2) is 5.71 Å². The number of rotatable bonds is 4. The van der Waals surface area contributed by atoms with Crippen LogP contribution >= 0.6 is 0 Å². The summed E-state index contributed by atoms with van der Waals surface area (Å²) in [5, 5.41) is 3.67. The molecule has 4 nitrogen and oxygen atoms in total. The van der Waals surface area contributed by atoms with Crippen molar-refractivity contribution in [3.05, 3.63) is 0 Å². The first kappa shape index (κ1) is 13.2. The molecule has 0 aromatic rings. The number of carbonyl (C=O) groups excluding carboxylic acids is 1. The summed E-state index contributed by atoms with van der Waals surface area (Å²) in [7, 11) is -0.423. The lowest BCUT2D eigenvalue weighted by Gasteiger charge is -2.18. The standard InChI is InChI=1S/C9H19NO3Si/c1-7(2)8(10-12-3)9(11)13-14(4,5)6/h7H,1-6H3. The maximum atomic E-state index is 11.6. The molecule has 0 N–H and O–H groups in total. The lowest BCUT2D eigenvalue weighted by atomic mass is 10.1. The first-order chi connectivity index (χ1) is 6.28. The highest BCUT2D eigenvalue weighted by atomic mass is 28.4. The van der Waals surface area contributed by atoms with Crippen molar-refractivity contribution in [3.63, 3.8) is 0 Å². The van der Waals surface area contributed by atoms with Crippen LogP contribution in [0.15, 0.2) is 5.16 Å². The molecule has 0 fully saturated rings. The van der Waals surface area contributed by atoms with Gasteiger partial charge in [0.2, 0.25) is 8.32 Å². The third-order valence-electron chi connectivity index (χ3n) is 1.34. The van der Waals surface area contributed by atoms with Crippen molar-refractivity contribution in [1.82, 2.24) is 0 Å². The quantitative estimate of drug-likeness (QED) is 0.411. The SMILES string of the molecule is CON=C(C(=O)O[Si](C)(C)C)C(C)C. The summed E-state index contributed by atoms with van der Waals surface area (Å²) in [5.41, 5.74) is 0.343. The van der Waals surface area contributed by atoms with E-state index in [4.69, 9.17) is 4.43 Å². The van der Waals surface area contributed by atoms with Crippen LogP contribution in [0.5, 0.6) is 0 Å². The van der Waals surface area contributed by atoms with Gasteiger partial charge in [0.1, 0.15) is 7.11 Å². The molecule has 0 atom stereocenters. The van der Waals surface area contributed by atoms with E-state index in [0.29, 0.717) is 5.71 Å². The fourth-order valence-corrected chi connectivity index (χ4v) is 1.47. The van der Waals surface area contributed by atoms with Crippen LogP contribution in [0, 0.1) is 5.92 Å². The summed E-state index contributed by atoms with van der Waals surface area (Å²) in [6.07, 6.45) is 0. The fourth-order valence-electron chi connectivity index (χ4n) is 0.807. The Bertz CT molecular complexity index is 231. The Morgan fingerprint density at radius 3 is 2.07 bits per heavy atom. The number of nitrogens with zero attached hydrogens (tertiary/aromatic N) is 1. The molecule has 0 aromatic heterocycles. The largest absolute Gasteiger partial charge is 0.515 e. The topological polar surface area (TPSA) is 47.9 Å². The van der Waals surface area contributed by atoms with Crippen LogP contribution in [0.2, 0.25) is 19.6 Å². The molecule has 0 amide bonds. The highest BCUT2D eigenvalue weighted by Crippen LogP contribution is 2.07. The van der Waals surface area contributed by atoms with Crippen LogP contribution in [0.3, 0.4) is 0 Å². The first-order valence-corrected chi connectivity index (χ1v) is 8.03. The van der Waals surface area contributed by atoms with Crippen molar-refractivity contribution in [3.8, 4) is 0 Å². The van der Waals surface area contributed by atoms with E-state index in [-0.39, 0.29) is 11.9 Å². The van der Waals surface area contributed by atoms with Gasteiger partial charge in [-0.15, -0.1) is 0 Å². The summed E-state index contributed by atoms with van der Waals surface area (Å²) in [4.78, 5) is 16.2. The minimum absolute atomic E-state index is 0.0128. The zero-order valence-electron chi connectivity index (χ0n) is 9.75. The van der Waals surface area contributed by atoms with E-state index < -0.39 is 8.32 Å². The van der Waals surface area contributed by atoms with Crippen LogP contribution < -0.4 is 0 Å². The minimum Gasteiger partial charge on any atom is -0.515 e. The third kappa shape index (κ3) is 5.01. The Morgan fingerprint density at radius 1 is 1.29 bits per heavy atom. The zero-order valence-corrected chi connectivity index (χ0v) is 10.7. The minimum atomic E-state index is -1.84. The highest BCUT2D eigenvalue weighted by Gasteiger charge is 2.25. The van der Waals surface area contributed by atoms with Gasteiger partial charge >= 0.3 is 5.97 Å². The second-order valence-electron chi connectivity index (χ2n) is 4.32. The molecule has 0 saturated heterocycles. The molecule has 0 bridgehead atoms. The lowest BCUT2D eigenvalue weighted by Crippen LogP contribution is -2.34. The molecular weight excluding hydrogens is 198 g/mol. The van der Waals surface area contributed by atoms with Crippen molar-refractivity contribution in [2.45, 2.75) is 33.5 Å². The highest BCUT2D eigenvalue weighted by molar-refractivity contribution is 6.72. The Kier molecular flexibility index (Phi) is 4.83. The number of carbonyl (C=O) groups is 1. The fraction of sp³-hybridized carbons (Fsp3) is 0.778. The van der Waals surface area contributed by atoms with Gasteiger partial charge in [-0.3, -0.25) is 0 Å². The molecule has 14 heavy (non-hydrogen) atoms. The monoisotopic (exact) mass is 217 g/mol. The van der Waals surface area contributed by atoms with Gasteiger partial charge in [-0.05, 0) is 19.6 Å². The zero-order chi connectivity index (χ0) is 11.4. The molecule has 0 aliphatic heterocycles. The van der Waals surface area contributed by atoms with Gasteiger partial charge in [0.25, 0.3) is 0 Å². The van der Waals surface area contributed by atoms with Crippen molar-refractivity contribution in [1.29, 1.82) is 0 Å². The summed E-state index contributed by atoms with van der Waals surface area (Å²) in [6, 6.07) is 0. The first-order valence-electron chi connectivity index (χ1n) is 4.62. The number of hydrogen-bond donors (Lipinski definition) is 0. The van der Waals surface area contributed by atoms with Crippen LogP contribution in [0.4, 0.5) is 0 Å². The van der Waals surface area contributed by atoms with E-state index in [1.807, 2.05) is 33.5 Å². The molecule has 0 aromatic carbocycles. The molecular formula is C9H19NO3Si. The molecule has 5 heteroatoms. The molecule has 0 saturated carbocycles. The Morgan fingerprint density at radius 2 is 1.79 bits per heavy atom. The van der Waals surface area contributed by atoms with Crippen LogP contribution in [0.25, 0.3) is 0 Å². The third-order valence-corrected chi connectivity index (χ3v) is 2.14. The Hall–Kier alpha value is -0.843. The van der Waals surface area contributed by atoms with Gasteiger partial charge < -0.3 is 9.26 Å². The van der Waals surface area contributed by atoms with Crippen molar-refractivity contribution in [2.24, 2.45) is 11.1 Å². The molecule has 0 aliphatic carbocycles. The molecule has 0 unspecified atom stereocenters. The second kappa shape index (κ2) is 5.14. The molecule has 0 aliphatic rings. The van der Waals surface area contributed by atoms with Gasteiger partial charge in [-0.1, -0.05) is 19.0 Å². The molecule has 0 heterocycles. The second-order valence-corrected chi connectivity index (χ2v) is 8.74. The van der Waals surface area contributed by atoms with Crippen molar-refractivity contribution < 1.29 is 14.1 Å². The average molecular weight is 217 g/mol. The van der Waals surface area contributed by atoms with Crippen molar-refractivity contribution in [2.75, 3.05) is 7.11 Å². The normalized spacial score (nSPS) is 12.9. The van der Waals surface area contributed by atoms with Gasteiger partial charge in [-0.25, -0.2) is 4.79 Å². The van der Waals surface area contributed by atoms with Crippen LogP contribution in [0.1, 0.15) is 13.8 Å². The van der Waals surface area contributed by atoms with Crippen LogP contribution in [-0.4, -0.2) is 27.1 Å². The molecule has 0 rings (SSSR count). The maximum Gasteiger partial charge on any atom is 0.343 e. The van der Waals surface area contributed by atoms with Crippen LogP contribution in [-0.2, 0) is 14.1 Å². The van der Waals surface area contributed by atoms with Gasteiger partial charge in [0.05, 0.1) is 0 Å². The molecule has 82 valence electrons. The predicted molar refractivity (Wildman–Crippen MR) is 58.7 cm³/mol. The van der Waals surface area contributed by atoms with E-state index in [9.17, 15) is 4.79 Å². The summed E-state index contributed by atoms with van der Waals surface area (Å²) in [6.45, 7) is 9.62. The van der Waals surface area contributed by atoms with E-state index >= 15 is 0 Å². The van der Waals surface area contributed by atoms with Gasteiger partial charge in [-0.2, -0.15) is 0 Å². The summed E-state index contributed by atoms with van der Waals surface area (Å²) in [5.74, 6) is -0.347. The Labute approximate surface area is 86.4 Å². The van der Waals surface area contributed by atoms with E-state index in [0.717, 1.165) is 0 Å². The van der Waals surface area contributed by atoms with Gasteiger partial charge in [0, 0.05) is 5.92 Å². The smallest absolute Gasteiger partial charge is 0.343 e. The van der Waals surface area contributed by atoms with E-state index in [1.54, 1.807) is 0 Å². The average Bonchev–Trinajstić information content (AvgIpc) is 1.95. The predicted octanol–water partition coefficient (Wildman–Crippen LogP) is 2.02. The van der Waals surface area contributed by atoms with Crippen molar-refractivity contribution >= 4 is 20.0 Å². The van der Waals surface area contributed by atoms with E-state index in [2.05, 4.69) is 9.99 Å². The Balaban J connectivity index is 4.55. The maximum absolute atomic E-state index is 11.6. The lowest BCUT2D eigenvalue weighted by molar-refractivity contribution is -0.128. The number of hydrogen-bond acceptors (Lipinski definition) is 4. The molecule has 0 spiro atoms. The summed E-state index contributed by atoms with van der Waals surface area (Å²) >= 11 is 0. The number of oxime groups is 1. The van der Waals surface area contributed by atoms with E-state index in [1.165, 1.54) is 7.11 Å².